The van der Waals surface area contributed by atoms with Crippen LogP contribution in [0.25, 0.3) is 0 Å². The zero-order valence-electron chi connectivity index (χ0n) is 14.7. The Morgan fingerprint density at radius 2 is 1.96 bits per heavy atom. The molecule has 2 heterocycles. The highest BCUT2D eigenvalue weighted by Crippen LogP contribution is 2.28. The van der Waals surface area contributed by atoms with Gasteiger partial charge in [0.1, 0.15) is 5.71 Å². The highest BCUT2D eigenvalue weighted by molar-refractivity contribution is 6.39. The minimum Gasteiger partial charge on any atom is -0.387 e. The van der Waals surface area contributed by atoms with Gasteiger partial charge in [0.2, 0.25) is 0 Å². The maximum Gasteiger partial charge on any atom is 0.269 e. The van der Waals surface area contributed by atoms with Crippen molar-refractivity contribution in [3.8, 4) is 0 Å². The highest BCUT2D eigenvalue weighted by Gasteiger charge is 2.27. The number of nitrogens with zero attached hydrogens (tertiary/aromatic N) is 2. The van der Waals surface area contributed by atoms with Gasteiger partial charge in [0.25, 0.3) is 5.91 Å². The second-order valence-electron chi connectivity index (χ2n) is 6.72. The molecular formula is C21H23N3O2. The van der Waals surface area contributed by atoms with Crippen LogP contribution >= 0.6 is 0 Å². The summed E-state index contributed by atoms with van der Waals surface area (Å²) in [4.78, 5) is 20.1. The minimum atomic E-state index is -0.155. The Morgan fingerprint density at radius 1 is 1.15 bits per heavy atom. The predicted octanol–water partition coefficient (Wildman–Crippen LogP) is 3.07. The van der Waals surface area contributed by atoms with Crippen LogP contribution in [0.15, 0.2) is 59.8 Å². The van der Waals surface area contributed by atoms with E-state index in [-0.39, 0.29) is 12.0 Å². The molecule has 4 rings (SSSR count). The molecule has 5 nitrogen and oxygen atoms in total. The fourth-order valence-corrected chi connectivity index (χ4v) is 3.57. The monoisotopic (exact) mass is 349 g/mol. The fraction of sp³-hybridized carbons (Fsp3) is 0.333. The van der Waals surface area contributed by atoms with Gasteiger partial charge in [0.15, 0.2) is 6.10 Å². The Kier molecular flexibility index (Phi) is 4.86. The largest absolute Gasteiger partial charge is 0.387 e. The van der Waals surface area contributed by atoms with Crippen molar-refractivity contribution < 1.29 is 9.63 Å². The molecule has 0 bridgehead atoms. The van der Waals surface area contributed by atoms with Crippen molar-refractivity contribution in [1.82, 2.24) is 5.32 Å². The molecule has 26 heavy (non-hydrogen) atoms. The van der Waals surface area contributed by atoms with Crippen LogP contribution in [-0.4, -0.2) is 31.3 Å². The molecule has 0 aliphatic carbocycles. The van der Waals surface area contributed by atoms with E-state index in [4.69, 9.17) is 4.84 Å². The Bertz CT molecular complexity index is 804. The third-order valence-corrected chi connectivity index (χ3v) is 4.98. The van der Waals surface area contributed by atoms with Crippen LogP contribution in [0.2, 0.25) is 0 Å². The SMILES string of the molecule is O=C(NCCCN1CCc2ccccc21)C1=NOC(c2ccccc2)C1. The number of benzene rings is 2. The van der Waals surface area contributed by atoms with E-state index in [1.54, 1.807) is 0 Å². The summed E-state index contributed by atoms with van der Waals surface area (Å²) in [5.41, 5.74) is 4.27. The van der Waals surface area contributed by atoms with Crippen LogP contribution in [-0.2, 0) is 16.1 Å². The highest BCUT2D eigenvalue weighted by atomic mass is 16.6. The molecule has 0 spiro atoms. The van der Waals surface area contributed by atoms with E-state index in [0.29, 0.717) is 18.7 Å². The smallest absolute Gasteiger partial charge is 0.269 e. The van der Waals surface area contributed by atoms with Crippen LogP contribution in [0.5, 0.6) is 0 Å². The van der Waals surface area contributed by atoms with E-state index < -0.39 is 0 Å². The summed E-state index contributed by atoms with van der Waals surface area (Å²) in [7, 11) is 0. The van der Waals surface area contributed by atoms with Crippen molar-refractivity contribution in [2.24, 2.45) is 5.16 Å². The zero-order chi connectivity index (χ0) is 17.8. The Labute approximate surface area is 153 Å². The van der Waals surface area contributed by atoms with Gasteiger partial charge in [0, 0.05) is 31.7 Å². The standard InChI is InChI=1S/C21H23N3O2/c25-21(18-15-20(26-23-18)17-8-2-1-3-9-17)22-12-6-13-24-14-11-16-7-4-5-10-19(16)24/h1-5,7-10,20H,6,11-15H2,(H,22,25). The van der Waals surface area contributed by atoms with Gasteiger partial charge in [-0.05, 0) is 30.0 Å². The molecule has 1 N–H and O–H groups in total. The maximum atomic E-state index is 12.3. The maximum absolute atomic E-state index is 12.3. The quantitative estimate of drug-likeness (QED) is 0.816. The van der Waals surface area contributed by atoms with Gasteiger partial charge >= 0.3 is 0 Å². The Morgan fingerprint density at radius 3 is 2.85 bits per heavy atom. The number of oxime groups is 1. The van der Waals surface area contributed by atoms with Gasteiger partial charge in [0.05, 0.1) is 0 Å². The first-order chi connectivity index (χ1) is 12.8. The van der Waals surface area contributed by atoms with Gasteiger partial charge in [-0.3, -0.25) is 4.79 Å². The van der Waals surface area contributed by atoms with Crippen molar-refractivity contribution in [3.63, 3.8) is 0 Å². The number of amides is 1. The fourth-order valence-electron chi connectivity index (χ4n) is 3.57. The summed E-state index contributed by atoms with van der Waals surface area (Å²) >= 11 is 0. The van der Waals surface area contributed by atoms with Crippen molar-refractivity contribution in [3.05, 3.63) is 65.7 Å². The lowest BCUT2D eigenvalue weighted by molar-refractivity contribution is -0.114. The number of carbonyl (C=O) groups is 1. The Balaban J connectivity index is 1.21. The first kappa shape index (κ1) is 16.6. The molecule has 2 aliphatic rings. The third kappa shape index (κ3) is 3.57. The molecule has 0 aromatic heterocycles. The van der Waals surface area contributed by atoms with Crippen molar-refractivity contribution >= 4 is 17.3 Å². The number of hydrogen-bond donors (Lipinski definition) is 1. The first-order valence-corrected chi connectivity index (χ1v) is 9.20. The van der Waals surface area contributed by atoms with Gasteiger partial charge < -0.3 is 15.1 Å². The molecule has 0 saturated carbocycles. The van der Waals surface area contributed by atoms with E-state index in [1.807, 2.05) is 30.3 Å². The van der Waals surface area contributed by atoms with E-state index in [9.17, 15) is 4.79 Å². The van der Waals surface area contributed by atoms with Crippen LogP contribution in [0.4, 0.5) is 5.69 Å². The normalized spacial score (nSPS) is 18.2. The predicted molar refractivity (Wildman–Crippen MR) is 102 cm³/mol. The average Bonchev–Trinajstić information content (AvgIpc) is 3.33. The number of anilines is 1. The molecule has 0 fully saturated rings. The van der Waals surface area contributed by atoms with Gasteiger partial charge in [-0.2, -0.15) is 0 Å². The van der Waals surface area contributed by atoms with Crippen LogP contribution in [0.3, 0.4) is 0 Å². The number of hydrogen-bond acceptors (Lipinski definition) is 4. The number of fused-ring (bicyclic) bond motifs is 1. The van der Waals surface area contributed by atoms with E-state index in [2.05, 4.69) is 39.6 Å². The van der Waals surface area contributed by atoms with E-state index in [0.717, 1.165) is 31.5 Å². The summed E-state index contributed by atoms with van der Waals surface area (Å²) < 4.78 is 0. The lowest BCUT2D eigenvalue weighted by atomic mass is 10.0. The molecule has 134 valence electrons. The lowest BCUT2D eigenvalue weighted by Gasteiger charge is -2.19. The summed E-state index contributed by atoms with van der Waals surface area (Å²) in [5, 5.41) is 6.94. The third-order valence-electron chi connectivity index (χ3n) is 4.98. The molecule has 2 aromatic carbocycles. The Hall–Kier alpha value is -2.82. The molecule has 1 amide bonds. The zero-order valence-corrected chi connectivity index (χ0v) is 14.7. The molecule has 0 radical (unpaired) electrons. The number of nitrogens with one attached hydrogen (secondary N) is 1. The second kappa shape index (κ2) is 7.60. The van der Waals surface area contributed by atoms with Gasteiger partial charge in [-0.1, -0.05) is 53.7 Å². The summed E-state index contributed by atoms with van der Waals surface area (Å²) in [6.45, 7) is 2.66. The van der Waals surface area contributed by atoms with Gasteiger partial charge in [-0.15, -0.1) is 0 Å². The molecule has 2 aliphatic heterocycles. The van der Waals surface area contributed by atoms with Crippen LogP contribution in [0.1, 0.15) is 30.1 Å². The van der Waals surface area contributed by atoms with Crippen LogP contribution in [0, 0.1) is 0 Å². The van der Waals surface area contributed by atoms with Crippen LogP contribution < -0.4 is 10.2 Å². The molecule has 5 heteroatoms. The summed E-state index contributed by atoms with van der Waals surface area (Å²) in [6, 6.07) is 18.4. The van der Waals surface area contributed by atoms with E-state index >= 15 is 0 Å². The number of rotatable bonds is 6. The lowest BCUT2D eigenvalue weighted by Crippen LogP contribution is -2.33. The average molecular weight is 349 g/mol. The summed E-state index contributed by atoms with van der Waals surface area (Å²) in [5.74, 6) is -0.120. The van der Waals surface area contributed by atoms with Crippen molar-refractivity contribution in [1.29, 1.82) is 0 Å². The number of carbonyl (C=O) groups excluding carboxylic acids is 1. The second-order valence-corrected chi connectivity index (χ2v) is 6.72. The van der Waals surface area contributed by atoms with Crippen molar-refractivity contribution in [2.75, 3.05) is 24.5 Å². The van der Waals surface area contributed by atoms with E-state index in [1.165, 1.54) is 11.3 Å². The molecule has 1 atom stereocenters. The number of para-hydroxylation sites is 1. The minimum absolute atomic E-state index is 0.120. The van der Waals surface area contributed by atoms with Gasteiger partial charge in [-0.25, -0.2) is 0 Å². The first-order valence-electron chi connectivity index (χ1n) is 9.20. The molecule has 0 saturated heterocycles. The molecular weight excluding hydrogens is 326 g/mol. The topological polar surface area (TPSA) is 53.9 Å². The molecule has 2 aromatic rings. The van der Waals surface area contributed by atoms with Crippen molar-refractivity contribution in [2.45, 2.75) is 25.4 Å². The summed E-state index contributed by atoms with van der Waals surface area (Å²) in [6.07, 6.45) is 2.39. The molecule has 1 unspecified atom stereocenters.